The van der Waals surface area contributed by atoms with E-state index in [-0.39, 0.29) is 5.82 Å². The average Bonchev–Trinajstić information content (AvgIpc) is 2.90. The molecule has 1 aliphatic rings. The summed E-state index contributed by atoms with van der Waals surface area (Å²) >= 11 is 3.46. The van der Waals surface area contributed by atoms with Gasteiger partial charge in [-0.3, -0.25) is 4.90 Å². The van der Waals surface area contributed by atoms with Gasteiger partial charge in [0, 0.05) is 17.1 Å². The molecule has 0 bridgehead atoms. The largest absolute Gasteiger partial charge is 0.292 e. The molecule has 3 heteroatoms. The lowest BCUT2D eigenvalue weighted by molar-refractivity contribution is 0.248. The molecule has 0 N–H and O–H groups in total. The molecule has 0 radical (unpaired) electrons. The molecule has 0 spiro atoms. The highest BCUT2D eigenvalue weighted by Gasteiger charge is 2.25. The van der Waals surface area contributed by atoms with Crippen molar-refractivity contribution in [2.24, 2.45) is 0 Å². The molecule has 2 aromatic carbocycles. The van der Waals surface area contributed by atoms with Crippen LogP contribution >= 0.6 is 15.9 Å². The van der Waals surface area contributed by atoms with Gasteiger partial charge in [0.25, 0.3) is 0 Å². The number of hydrogen-bond acceptors (Lipinski definition) is 1. The van der Waals surface area contributed by atoms with Crippen molar-refractivity contribution in [1.29, 1.82) is 0 Å². The summed E-state index contributed by atoms with van der Waals surface area (Å²) in [7, 11) is 0. The van der Waals surface area contributed by atoms with Crippen LogP contribution in [0.1, 0.15) is 30.0 Å². The van der Waals surface area contributed by atoms with E-state index < -0.39 is 0 Å². The summed E-state index contributed by atoms with van der Waals surface area (Å²) in [5, 5.41) is 0. The molecule has 1 unspecified atom stereocenters. The van der Waals surface area contributed by atoms with Crippen LogP contribution in [0.25, 0.3) is 0 Å². The maximum Gasteiger partial charge on any atom is 0.123 e. The van der Waals surface area contributed by atoms with Gasteiger partial charge in [0.1, 0.15) is 5.82 Å². The van der Waals surface area contributed by atoms with Crippen LogP contribution in [0.15, 0.2) is 53.0 Å². The minimum absolute atomic E-state index is 0.161. The molecule has 1 aliphatic heterocycles. The van der Waals surface area contributed by atoms with E-state index in [9.17, 15) is 4.39 Å². The van der Waals surface area contributed by atoms with Gasteiger partial charge in [-0.05, 0) is 54.8 Å². The van der Waals surface area contributed by atoms with E-state index in [4.69, 9.17) is 0 Å². The van der Waals surface area contributed by atoms with Gasteiger partial charge >= 0.3 is 0 Å². The number of benzene rings is 2. The zero-order chi connectivity index (χ0) is 13.9. The fraction of sp³-hybridized carbons (Fsp3) is 0.294. The lowest BCUT2D eigenvalue weighted by atomic mass is 10.0. The lowest BCUT2D eigenvalue weighted by Crippen LogP contribution is -2.22. The maximum absolute atomic E-state index is 13.0. The second-order valence-corrected chi connectivity index (χ2v) is 6.22. The summed E-state index contributed by atoms with van der Waals surface area (Å²) < 4.78 is 14.1. The molecular formula is C17H17BrFN. The van der Waals surface area contributed by atoms with Crippen molar-refractivity contribution in [1.82, 2.24) is 4.90 Å². The standard InChI is InChI=1S/C17H17BrFN/c18-15-7-3-13(4-8-15)12-20-11-1-2-17(20)14-5-9-16(19)10-6-14/h3-10,17H,1-2,11-12H2. The Morgan fingerprint density at radius 1 is 1.05 bits per heavy atom. The van der Waals surface area contributed by atoms with E-state index in [0.29, 0.717) is 6.04 Å². The Balaban J connectivity index is 1.75. The molecule has 2 aromatic rings. The molecule has 1 saturated heterocycles. The van der Waals surface area contributed by atoms with Crippen molar-refractivity contribution in [3.05, 3.63) is 69.9 Å². The molecule has 1 atom stereocenters. The first-order valence-corrected chi connectivity index (χ1v) is 7.75. The molecule has 3 rings (SSSR count). The first-order valence-electron chi connectivity index (χ1n) is 6.96. The Hall–Kier alpha value is -1.19. The van der Waals surface area contributed by atoms with Crippen molar-refractivity contribution in [2.45, 2.75) is 25.4 Å². The molecule has 0 aromatic heterocycles. The van der Waals surface area contributed by atoms with Crippen LogP contribution in [0.4, 0.5) is 4.39 Å². The van der Waals surface area contributed by atoms with Gasteiger partial charge in [0.15, 0.2) is 0 Å². The Morgan fingerprint density at radius 3 is 2.45 bits per heavy atom. The Kier molecular flexibility index (Phi) is 4.18. The number of rotatable bonds is 3. The maximum atomic E-state index is 13.0. The quantitative estimate of drug-likeness (QED) is 0.770. The van der Waals surface area contributed by atoms with Crippen LogP contribution in [-0.2, 0) is 6.54 Å². The Bertz CT molecular complexity index is 565. The first-order chi connectivity index (χ1) is 9.72. The van der Waals surface area contributed by atoms with Crippen LogP contribution in [-0.4, -0.2) is 11.4 Å². The molecule has 1 heterocycles. The predicted molar refractivity (Wildman–Crippen MR) is 82.9 cm³/mol. The molecule has 104 valence electrons. The molecule has 0 saturated carbocycles. The summed E-state index contributed by atoms with van der Waals surface area (Å²) in [5.41, 5.74) is 2.54. The first kappa shape index (κ1) is 13.8. The van der Waals surface area contributed by atoms with E-state index in [1.54, 1.807) is 12.1 Å². The minimum Gasteiger partial charge on any atom is -0.292 e. The van der Waals surface area contributed by atoms with Crippen LogP contribution in [0, 0.1) is 5.82 Å². The summed E-state index contributed by atoms with van der Waals surface area (Å²) in [4.78, 5) is 2.48. The number of hydrogen-bond donors (Lipinski definition) is 0. The molecule has 0 amide bonds. The third kappa shape index (κ3) is 3.10. The van der Waals surface area contributed by atoms with Crippen molar-refractivity contribution < 1.29 is 4.39 Å². The normalized spacial score (nSPS) is 19.4. The van der Waals surface area contributed by atoms with Crippen molar-refractivity contribution >= 4 is 15.9 Å². The number of nitrogens with zero attached hydrogens (tertiary/aromatic N) is 1. The highest BCUT2D eigenvalue weighted by molar-refractivity contribution is 9.10. The molecule has 1 nitrogen and oxygen atoms in total. The third-order valence-electron chi connectivity index (χ3n) is 3.92. The minimum atomic E-state index is -0.161. The fourth-order valence-electron chi connectivity index (χ4n) is 2.90. The highest BCUT2D eigenvalue weighted by atomic mass is 79.9. The molecule has 20 heavy (non-hydrogen) atoms. The van der Waals surface area contributed by atoms with Crippen molar-refractivity contribution in [3.8, 4) is 0 Å². The van der Waals surface area contributed by atoms with E-state index in [0.717, 1.165) is 24.0 Å². The number of likely N-dealkylation sites (tertiary alicyclic amines) is 1. The van der Waals surface area contributed by atoms with Gasteiger partial charge in [0.2, 0.25) is 0 Å². The number of halogens is 2. The second kappa shape index (κ2) is 6.06. The molecule has 1 fully saturated rings. The highest BCUT2D eigenvalue weighted by Crippen LogP contribution is 2.33. The van der Waals surface area contributed by atoms with Crippen molar-refractivity contribution in [3.63, 3.8) is 0 Å². The third-order valence-corrected chi connectivity index (χ3v) is 4.45. The van der Waals surface area contributed by atoms with Gasteiger partial charge in [-0.2, -0.15) is 0 Å². The monoisotopic (exact) mass is 333 g/mol. The van der Waals surface area contributed by atoms with E-state index in [1.165, 1.54) is 17.5 Å². The zero-order valence-electron chi connectivity index (χ0n) is 11.2. The second-order valence-electron chi connectivity index (χ2n) is 5.31. The lowest BCUT2D eigenvalue weighted by Gasteiger charge is -2.25. The van der Waals surface area contributed by atoms with Gasteiger partial charge in [-0.1, -0.05) is 40.2 Å². The summed E-state index contributed by atoms with van der Waals surface area (Å²) in [6.07, 6.45) is 2.36. The Morgan fingerprint density at radius 2 is 1.75 bits per heavy atom. The van der Waals surface area contributed by atoms with Crippen LogP contribution in [0.5, 0.6) is 0 Å². The van der Waals surface area contributed by atoms with Gasteiger partial charge in [0.05, 0.1) is 0 Å². The summed E-state index contributed by atoms with van der Waals surface area (Å²) in [6.45, 7) is 2.06. The van der Waals surface area contributed by atoms with E-state index in [2.05, 4.69) is 45.1 Å². The molecular weight excluding hydrogens is 317 g/mol. The topological polar surface area (TPSA) is 3.24 Å². The van der Waals surface area contributed by atoms with E-state index in [1.807, 2.05) is 12.1 Å². The molecule has 0 aliphatic carbocycles. The van der Waals surface area contributed by atoms with Crippen LogP contribution in [0.2, 0.25) is 0 Å². The summed E-state index contributed by atoms with van der Waals surface area (Å²) in [6, 6.07) is 15.8. The SMILES string of the molecule is Fc1ccc(C2CCCN2Cc2ccc(Br)cc2)cc1. The smallest absolute Gasteiger partial charge is 0.123 e. The average molecular weight is 334 g/mol. The van der Waals surface area contributed by atoms with Crippen LogP contribution in [0.3, 0.4) is 0 Å². The van der Waals surface area contributed by atoms with Crippen molar-refractivity contribution in [2.75, 3.05) is 6.54 Å². The zero-order valence-corrected chi connectivity index (χ0v) is 12.8. The van der Waals surface area contributed by atoms with Crippen LogP contribution < -0.4 is 0 Å². The summed E-state index contributed by atoms with van der Waals surface area (Å²) in [5.74, 6) is -0.161. The van der Waals surface area contributed by atoms with Gasteiger partial charge in [-0.15, -0.1) is 0 Å². The fourth-order valence-corrected chi connectivity index (χ4v) is 3.17. The van der Waals surface area contributed by atoms with Gasteiger partial charge < -0.3 is 0 Å². The van der Waals surface area contributed by atoms with Gasteiger partial charge in [-0.25, -0.2) is 4.39 Å². The Labute approximate surface area is 127 Å². The predicted octanol–water partition coefficient (Wildman–Crippen LogP) is 4.93. The van der Waals surface area contributed by atoms with E-state index >= 15 is 0 Å².